The molecular formula is C19H23FN3O2S+. The standard InChI is InChI=1S/C19H22FN3O2S/c1-13-10-17(14(2)26-13)19(25)23-8-6-22(7-9-23)12-18(24)21-16-5-3-4-15(20)11-16/h3-5,10-11H,6-9,12H2,1-2H3,(H,21,24)/p+1. The number of anilines is 1. The fourth-order valence-corrected chi connectivity index (χ4v) is 4.13. The first-order valence-corrected chi connectivity index (χ1v) is 9.49. The molecule has 138 valence electrons. The third kappa shape index (κ3) is 4.47. The average Bonchev–Trinajstić information content (AvgIpc) is 2.93. The molecule has 7 heteroatoms. The van der Waals surface area contributed by atoms with Crippen LogP contribution in [0, 0.1) is 19.7 Å². The van der Waals surface area contributed by atoms with Crippen molar-refractivity contribution in [3.8, 4) is 0 Å². The van der Waals surface area contributed by atoms with Crippen LogP contribution in [0.25, 0.3) is 0 Å². The Hall–Kier alpha value is -2.25. The van der Waals surface area contributed by atoms with Gasteiger partial charge in [-0.25, -0.2) is 4.39 Å². The summed E-state index contributed by atoms with van der Waals surface area (Å²) in [5.41, 5.74) is 1.26. The molecule has 0 aliphatic carbocycles. The van der Waals surface area contributed by atoms with Crippen molar-refractivity contribution >= 4 is 28.8 Å². The number of benzene rings is 1. The molecule has 1 aliphatic heterocycles. The summed E-state index contributed by atoms with van der Waals surface area (Å²) in [6.07, 6.45) is 0. The molecule has 2 aromatic rings. The molecule has 1 fully saturated rings. The topological polar surface area (TPSA) is 53.9 Å². The Morgan fingerprint density at radius 1 is 1.23 bits per heavy atom. The maximum Gasteiger partial charge on any atom is 0.279 e. The summed E-state index contributed by atoms with van der Waals surface area (Å²) in [5.74, 6) is -0.439. The number of hydrogen-bond acceptors (Lipinski definition) is 3. The average molecular weight is 376 g/mol. The van der Waals surface area contributed by atoms with Crippen molar-refractivity contribution in [2.75, 3.05) is 38.0 Å². The molecule has 0 radical (unpaired) electrons. The lowest BCUT2D eigenvalue weighted by molar-refractivity contribution is -0.895. The molecule has 2 heterocycles. The van der Waals surface area contributed by atoms with Crippen LogP contribution in [0.2, 0.25) is 0 Å². The summed E-state index contributed by atoms with van der Waals surface area (Å²) in [6.45, 7) is 7.02. The maximum atomic E-state index is 13.2. The molecule has 3 rings (SSSR count). The van der Waals surface area contributed by atoms with Gasteiger partial charge in [-0.15, -0.1) is 11.3 Å². The van der Waals surface area contributed by atoms with Crippen molar-refractivity contribution in [3.63, 3.8) is 0 Å². The zero-order valence-electron chi connectivity index (χ0n) is 15.0. The molecule has 1 aromatic carbocycles. The van der Waals surface area contributed by atoms with E-state index in [1.165, 1.54) is 12.1 Å². The van der Waals surface area contributed by atoms with Crippen LogP contribution in [0.15, 0.2) is 30.3 Å². The second kappa shape index (κ2) is 7.97. The lowest BCUT2D eigenvalue weighted by atomic mass is 10.2. The predicted molar refractivity (Wildman–Crippen MR) is 100 cm³/mol. The Morgan fingerprint density at radius 2 is 1.96 bits per heavy atom. The van der Waals surface area contributed by atoms with Gasteiger partial charge in [0, 0.05) is 15.4 Å². The van der Waals surface area contributed by atoms with E-state index in [4.69, 9.17) is 0 Å². The van der Waals surface area contributed by atoms with Gasteiger partial charge in [-0.3, -0.25) is 9.59 Å². The van der Waals surface area contributed by atoms with E-state index in [-0.39, 0.29) is 17.6 Å². The van der Waals surface area contributed by atoms with Gasteiger partial charge in [0.2, 0.25) is 0 Å². The second-order valence-electron chi connectivity index (χ2n) is 6.60. The van der Waals surface area contributed by atoms with Crippen LogP contribution in [0.1, 0.15) is 20.1 Å². The number of hydrogen-bond donors (Lipinski definition) is 2. The van der Waals surface area contributed by atoms with Gasteiger partial charge in [0.05, 0.1) is 31.7 Å². The van der Waals surface area contributed by atoms with Gasteiger partial charge in [-0.1, -0.05) is 6.07 Å². The van der Waals surface area contributed by atoms with Crippen molar-refractivity contribution in [3.05, 3.63) is 51.5 Å². The molecule has 5 nitrogen and oxygen atoms in total. The Kier molecular flexibility index (Phi) is 5.68. The normalized spacial score (nSPS) is 15.1. The zero-order chi connectivity index (χ0) is 18.7. The first-order chi connectivity index (χ1) is 12.4. The maximum absolute atomic E-state index is 13.2. The largest absolute Gasteiger partial charge is 0.327 e. The highest BCUT2D eigenvalue weighted by Gasteiger charge is 2.27. The highest BCUT2D eigenvalue weighted by atomic mass is 32.1. The summed E-state index contributed by atoms with van der Waals surface area (Å²) < 4.78 is 13.2. The van der Waals surface area contributed by atoms with Gasteiger partial charge >= 0.3 is 0 Å². The second-order valence-corrected chi connectivity index (χ2v) is 8.06. The van der Waals surface area contributed by atoms with Crippen molar-refractivity contribution in [1.82, 2.24) is 4.90 Å². The first kappa shape index (κ1) is 18.5. The zero-order valence-corrected chi connectivity index (χ0v) is 15.8. The number of aryl methyl sites for hydroxylation is 2. The minimum atomic E-state index is -0.374. The van der Waals surface area contributed by atoms with E-state index in [1.54, 1.807) is 23.5 Å². The van der Waals surface area contributed by atoms with Gasteiger partial charge in [0.25, 0.3) is 11.8 Å². The molecule has 0 atom stereocenters. The third-order valence-electron chi connectivity index (χ3n) is 4.55. The van der Waals surface area contributed by atoms with Gasteiger partial charge < -0.3 is 15.1 Å². The third-order valence-corrected chi connectivity index (χ3v) is 5.51. The van der Waals surface area contributed by atoms with Gasteiger partial charge in [0.15, 0.2) is 6.54 Å². The van der Waals surface area contributed by atoms with E-state index in [2.05, 4.69) is 5.32 Å². The van der Waals surface area contributed by atoms with Crippen LogP contribution in [0.5, 0.6) is 0 Å². The number of nitrogens with zero attached hydrogens (tertiary/aromatic N) is 1. The molecule has 0 saturated carbocycles. The predicted octanol–water partition coefficient (Wildman–Crippen LogP) is 1.48. The summed E-state index contributed by atoms with van der Waals surface area (Å²) in [7, 11) is 0. The fraction of sp³-hybridized carbons (Fsp3) is 0.368. The van der Waals surface area contributed by atoms with E-state index in [0.29, 0.717) is 25.3 Å². The molecule has 1 aromatic heterocycles. The molecular weight excluding hydrogens is 353 g/mol. The highest BCUT2D eigenvalue weighted by Crippen LogP contribution is 2.22. The smallest absolute Gasteiger partial charge is 0.279 e. The van der Waals surface area contributed by atoms with Crippen molar-refractivity contribution in [2.24, 2.45) is 0 Å². The molecule has 1 saturated heterocycles. The van der Waals surface area contributed by atoms with Gasteiger partial charge in [-0.2, -0.15) is 0 Å². The minimum absolute atomic E-state index is 0.0788. The molecule has 1 aliphatic rings. The number of thiophene rings is 1. The van der Waals surface area contributed by atoms with Crippen LogP contribution in [0.3, 0.4) is 0 Å². The number of carbonyl (C=O) groups is 2. The molecule has 26 heavy (non-hydrogen) atoms. The van der Waals surface area contributed by atoms with Gasteiger partial charge in [-0.05, 0) is 38.1 Å². The summed E-state index contributed by atoms with van der Waals surface area (Å²) in [6, 6.07) is 7.82. The quantitative estimate of drug-likeness (QED) is 0.849. The SMILES string of the molecule is Cc1cc(C(=O)N2CC[NH+](CC(=O)Nc3cccc(F)c3)CC2)c(C)s1. The van der Waals surface area contributed by atoms with Crippen molar-refractivity contribution in [2.45, 2.75) is 13.8 Å². The number of halogens is 1. The molecule has 0 spiro atoms. The summed E-state index contributed by atoms with van der Waals surface area (Å²) >= 11 is 1.64. The van der Waals surface area contributed by atoms with Crippen molar-refractivity contribution < 1.29 is 18.9 Å². The van der Waals surface area contributed by atoms with Gasteiger partial charge in [0.1, 0.15) is 5.82 Å². The molecule has 0 unspecified atom stereocenters. The monoisotopic (exact) mass is 376 g/mol. The highest BCUT2D eigenvalue weighted by molar-refractivity contribution is 7.12. The van der Waals surface area contributed by atoms with Crippen LogP contribution in [-0.2, 0) is 4.79 Å². The summed E-state index contributed by atoms with van der Waals surface area (Å²) in [4.78, 5) is 30.0. The number of amides is 2. The number of piperazine rings is 1. The van der Waals surface area contributed by atoms with Crippen LogP contribution >= 0.6 is 11.3 Å². The van der Waals surface area contributed by atoms with Crippen LogP contribution in [-0.4, -0.2) is 49.4 Å². The van der Waals surface area contributed by atoms with Crippen molar-refractivity contribution in [1.29, 1.82) is 0 Å². The lowest BCUT2D eigenvalue weighted by Gasteiger charge is -2.31. The Bertz CT molecular complexity index is 813. The van der Waals surface area contributed by atoms with Crippen LogP contribution < -0.4 is 10.2 Å². The number of carbonyl (C=O) groups excluding carboxylic acids is 2. The Balaban J connectivity index is 1.50. The Labute approximate surface area is 156 Å². The van der Waals surface area contributed by atoms with E-state index in [0.717, 1.165) is 33.3 Å². The van der Waals surface area contributed by atoms with E-state index >= 15 is 0 Å². The van der Waals surface area contributed by atoms with E-state index < -0.39 is 0 Å². The fourth-order valence-electron chi connectivity index (χ4n) is 3.21. The lowest BCUT2D eigenvalue weighted by Crippen LogP contribution is -3.15. The number of nitrogens with one attached hydrogen (secondary N) is 2. The number of quaternary nitrogens is 1. The minimum Gasteiger partial charge on any atom is -0.327 e. The van der Waals surface area contributed by atoms with E-state index in [1.807, 2.05) is 24.8 Å². The molecule has 0 bridgehead atoms. The van der Waals surface area contributed by atoms with E-state index in [9.17, 15) is 14.0 Å². The molecule has 2 N–H and O–H groups in total. The first-order valence-electron chi connectivity index (χ1n) is 8.67. The summed E-state index contributed by atoms with van der Waals surface area (Å²) in [5, 5.41) is 2.72. The molecule has 2 amide bonds. The number of rotatable bonds is 4. The van der Waals surface area contributed by atoms with Crippen LogP contribution in [0.4, 0.5) is 10.1 Å². The Morgan fingerprint density at radius 3 is 2.58 bits per heavy atom.